The Bertz CT molecular complexity index is 1040. The van der Waals surface area contributed by atoms with Gasteiger partial charge >= 0.3 is 0 Å². The van der Waals surface area contributed by atoms with Gasteiger partial charge in [0.15, 0.2) is 11.5 Å². The topological polar surface area (TPSA) is 88.2 Å². The highest BCUT2D eigenvalue weighted by Gasteiger charge is 2.29. The zero-order valence-electron chi connectivity index (χ0n) is 17.7. The highest BCUT2D eigenvalue weighted by atomic mass is 35.5. The molecule has 1 heterocycles. The SMILES string of the molecule is COc1ccc(S(=O)(=O)N[C@@H](C)C(=O)N2CCN(c3cccc(Cl)c3)CC2)cc1OC. The van der Waals surface area contributed by atoms with Crippen LogP contribution in [0, 0.1) is 0 Å². The molecule has 1 saturated heterocycles. The molecule has 0 spiro atoms. The van der Waals surface area contributed by atoms with Crippen molar-refractivity contribution < 1.29 is 22.7 Å². The molecule has 2 aromatic rings. The van der Waals surface area contributed by atoms with E-state index in [1.807, 2.05) is 24.3 Å². The van der Waals surface area contributed by atoms with E-state index in [2.05, 4.69) is 9.62 Å². The maximum atomic E-state index is 12.8. The highest BCUT2D eigenvalue weighted by Crippen LogP contribution is 2.29. The lowest BCUT2D eigenvalue weighted by Crippen LogP contribution is -2.54. The number of carbonyl (C=O) groups is 1. The van der Waals surface area contributed by atoms with Crippen molar-refractivity contribution in [1.82, 2.24) is 9.62 Å². The van der Waals surface area contributed by atoms with Crippen LogP contribution in [0.1, 0.15) is 6.92 Å². The number of amides is 1. The van der Waals surface area contributed by atoms with Crippen molar-refractivity contribution in [3.63, 3.8) is 0 Å². The summed E-state index contributed by atoms with van der Waals surface area (Å²) >= 11 is 6.06. The minimum Gasteiger partial charge on any atom is -0.493 e. The number of piperazine rings is 1. The van der Waals surface area contributed by atoms with E-state index in [1.165, 1.54) is 32.4 Å². The van der Waals surface area contributed by atoms with Gasteiger partial charge in [-0.3, -0.25) is 4.79 Å². The van der Waals surface area contributed by atoms with Crippen LogP contribution in [0.3, 0.4) is 0 Å². The number of nitrogens with zero attached hydrogens (tertiary/aromatic N) is 2. The molecule has 31 heavy (non-hydrogen) atoms. The number of methoxy groups -OCH3 is 2. The summed E-state index contributed by atoms with van der Waals surface area (Å²) in [5.74, 6) is 0.444. The summed E-state index contributed by atoms with van der Waals surface area (Å²) in [4.78, 5) is 16.7. The Morgan fingerprint density at radius 2 is 1.71 bits per heavy atom. The maximum Gasteiger partial charge on any atom is 0.241 e. The molecule has 1 N–H and O–H groups in total. The number of sulfonamides is 1. The monoisotopic (exact) mass is 467 g/mol. The van der Waals surface area contributed by atoms with E-state index in [9.17, 15) is 13.2 Å². The molecule has 1 aliphatic heterocycles. The zero-order chi connectivity index (χ0) is 22.6. The molecular formula is C21H26ClN3O5S. The second-order valence-corrected chi connectivity index (χ2v) is 9.30. The van der Waals surface area contributed by atoms with Gasteiger partial charge in [0, 0.05) is 43.0 Å². The summed E-state index contributed by atoms with van der Waals surface area (Å²) < 4.78 is 38.3. The molecule has 0 unspecified atom stereocenters. The van der Waals surface area contributed by atoms with Crippen molar-refractivity contribution >= 4 is 33.2 Å². The fourth-order valence-corrected chi connectivity index (χ4v) is 4.86. The minimum atomic E-state index is -3.92. The van der Waals surface area contributed by atoms with Gasteiger partial charge in [-0.2, -0.15) is 4.72 Å². The first-order valence-corrected chi connectivity index (χ1v) is 11.6. The summed E-state index contributed by atoms with van der Waals surface area (Å²) in [6.45, 7) is 3.81. The van der Waals surface area contributed by atoms with E-state index in [0.717, 1.165) is 5.69 Å². The molecule has 2 aromatic carbocycles. The first-order chi connectivity index (χ1) is 14.7. The lowest BCUT2D eigenvalue weighted by atomic mass is 10.2. The first-order valence-electron chi connectivity index (χ1n) is 9.79. The van der Waals surface area contributed by atoms with Gasteiger partial charge in [-0.1, -0.05) is 17.7 Å². The fraction of sp³-hybridized carbons (Fsp3) is 0.381. The van der Waals surface area contributed by atoms with E-state index in [0.29, 0.717) is 42.7 Å². The number of hydrogen-bond donors (Lipinski definition) is 1. The second kappa shape index (κ2) is 9.76. The third-order valence-electron chi connectivity index (χ3n) is 5.13. The number of rotatable bonds is 7. The van der Waals surface area contributed by atoms with Crippen molar-refractivity contribution in [2.24, 2.45) is 0 Å². The van der Waals surface area contributed by atoms with Gasteiger partial charge in [0.2, 0.25) is 15.9 Å². The molecule has 3 rings (SSSR count). The number of carbonyl (C=O) groups excluding carboxylic acids is 1. The van der Waals surface area contributed by atoms with E-state index >= 15 is 0 Å². The zero-order valence-corrected chi connectivity index (χ0v) is 19.2. The van der Waals surface area contributed by atoms with Gasteiger partial charge in [0.1, 0.15) is 0 Å². The number of ether oxygens (including phenoxy) is 2. The third-order valence-corrected chi connectivity index (χ3v) is 6.91. The van der Waals surface area contributed by atoms with Gasteiger partial charge < -0.3 is 19.3 Å². The molecule has 10 heteroatoms. The van der Waals surface area contributed by atoms with Crippen LogP contribution >= 0.6 is 11.6 Å². The average molecular weight is 468 g/mol. The fourth-order valence-electron chi connectivity index (χ4n) is 3.47. The molecule has 0 saturated carbocycles. The van der Waals surface area contributed by atoms with Crippen LogP contribution in [-0.2, 0) is 14.8 Å². The Labute approximate surface area is 187 Å². The summed E-state index contributed by atoms with van der Waals surface area (Å²) in [6.07, 6.45) is 0. The van der Waals surface area contributed by atoms with Crippen molar-refractivity contribution in [3.05, 3.63) is 47.5 Å². The molecule has 1 fully saturated rings. The van der Waals surface area contributed by atoms with Crippen LogP contribution in [0.25, 0.3) is 0 Å². The van der Waals surface area contributed by atoms with Crippen molar-refractivity contribution in [1.29, 1.82) is 0 Å². The molecule has 0 bridgehead atoms. The average Bonchev–Trinajstić information content (AvgIpc) is 2.77. The maximum absolute atomic E-state index is 12.8. The first kappa shape index (κ1) is 23.2. The van der Waals surface area contributed by atoms with E-state index in [-0.39, 0.29) is 10.8 Å². The number of anilines is 1. The normalized spacial score (nSPS) is 15.5. The molecule has 0 aliphatic carbocycles. The summed E-state index contributed by atoms with van der Waals surface area (Å²) in [6, 6.07) is 10.9. The lowest BCUT2D eigenvalue weighted by Gasteiger charge is -2.37. The van der Waals surface area contributed by atoms with Crippen molar-refractivity contribution in [3.8, 4) is 11.5 Å². The Hall–Kier alpha value is -2.49. The summed E-state index contributed by atoms with van der Waals surface area (Å²) in [5.41, 5.74) is 1.00. The van der Waals surface area contributed by atoms with Crippen LogP contribution in [-0.4, -0.2) is 65.7 Å². The van der Waals surface area contributed by atoms with Crippen LogP contribution < -0.4 is 19.1 Å². The van der Waals surface area contributed by atoms with E-state index in [1.54, 1.807) is 11.8 Å². The molecule has 1 atom stereocenters. The van der Waals surface area contributed by atoms with Gasteiger partial charge in [0.25, 0.3) is 0 Å². The molecule has 168 valence electrons. The molecule has 1 amide bonds. The third kappa shape index (κ3) is 5.41. The summed E-state index contributed by atoms with van der Waals surface area (Å²) in [7, 11) is -1.02. The quantitative estimate of drug-likeness (QED) is 0.672. The largest absolute Gasteiger partial charge is 0.493 e. The summed E-state index contributed by atoms with van der Waals surface area (Å²) in [5, 5.41) is 0.661. The predicted octanol–water partition coefficient (Wildman–Crippen LogP) is 2.37. The Balaban J connectivity index is 1.63. The Morgan fingerprint density at radius 3 is 2.32 bits per heavy atom. The van der Waals surface area contributed by atoms with Crippen LogP contribution in [0.2, 0.25) is 5.02 Å². The lowest BCUT2D eigenvalue weighted by molar-refractivity contribution is -0.132. The number of benzene rings is 2. The molecule has 0 radical (unpaired) electrons. The van der Waals surface area contributed by atoms with Gasteiger partial charge in [0.05, 0.1) is 25.2 Å². The number of halogens is 1. The predicted molar refractivity (Wildman–Crippen MR) is 120 cm³/mol. The van der Waals surface area contributed by atoms with Gasteiger partial charge in [-0.15, -0.1) is 0 Å². The van der Waals surface area contributed by atoms with Gasteiger partial charge in [-0.05, 0) is 37.3 Å². The molecule has 8 nitrogen and oxygen atoms in total. The minimum absolute atomic E-state index is 0.00410. The van der Waals surface area contributed by atoms with Crippen molar-refractivity contribution in [2.75, 3.05) is 45.3 Å². The van der Waals surface area contributed by atoms with Crippen LogP contribution in [0.5, 0.6) is 11.5 Å². The Kier molecular flexibility index (Phi) is 7.30. The number of hydrogen-bond acceptors (Lipinski definition) is 6. The van der Waals surface area contributed by atoms with Gasteiger partial charge in [-0.25, -0.2) is 8.42 Å². The van der Waals surface area contributed by atoms with Crippen LogP contribution in [0.15, 0.2) is 47.4 Å². The van der Waals surface area contributed by atoms with E-state index < -0.39 is 16.1 Å². The second-order valence-electron chi connectivity index (χ2n) is 7.15. The molecule has 0 aromatic heterocycles. The Morgan fingerprint density at radius 1 is 1.03 bits per heavy atom. The van der Waals surface area contributed by atoms with E-state index in [4.69, 9.17) is 21.1 Å². The van der Waals surface area contributed by atoms with Crippen LogP contribution in [0.4, 0.5) is 5.69 Å². The molecule has 1 aliphatic rings. The highest BCUT2D eigenvalue weighted by molar-refractivity contribution is 7.89. The van der Waals surface area contributed by atoms with Crippen molar-refractivity contribution in [2.45, 2.75) is 17.9 Å². The standard InChI is InChI=1S/C21H26ClN3O5S/c1-15(23-31(27,28)18-7-8-19(29-2)20(14-18)30-3)21(26)25-11-9-24(10-12-25)17-6-4-5-16(22)13-17/h4-8,13-15,23H,9-12H2,1-3H3/t15-/m0/s1. The smallest absolute Gasteiger partial charge is 0.241 e. The number of nitrogens with one attached hydrogen (secondary N) is 1. The molecular weight excluding hydrogens is 442 g/mol.